The molecule has 2 aliphatic heterocycles. The van der Waals surface area contributed by atoms with E-state index in [4.69, 9.17) is 9.47 Å². The van der Waals surface area contributed by atoms with Crippen LogP contribution in [0.15, 0.2) is 4.99 Å². The minimum Gasteiger partial charge on any atom is -0.389 e. The van der Waals surface area contributed by atoms with E-state index in [-0.39, 0.29) is 0 Å². The van der Waals surface area contributed by atoms with E-state index < -0.39 is 6.10 Å². The van der Waals surface area contributed by atoms with Crippen molar-refractivity contribution >= 4 is 5.96 Å². The maximum absolute atomic E-state index is 10.1. The van der Waals surface area contributed by atoms with Crippen molar-refractivity contribution in [1.82, 2.24) is 15.1 Å². The van der Waals surface area contributed by atoms with Gasteiger partial charge in [0, 0.05) is 45.9 Å². The van der Waals surface area contributed by atoms with Crippen LogP contribution in [0.1, 0.15) is 27.2 Å². The highest BCUT2D eigenvalue weighted by Gasteiger charge is 2.27. The number of hydrogen-bond acceptors (Lipinski definition) is 5. The Morgan fingerprint density at radius 1 is 1.27 bits per heavy atom. The smallest absolute Gasteiger partial charge is 0.194 e. The number of aliphatic hydroxyl groups is 1. The Morgan fingerprint density at radius 3 is 2.73 bits per heavy atom. The van der Waals surface area contributed by atoms with Gasteiger partial charge in [-0.25, -0.2) is 0 Å². The van der Waals surface area contributed by atoms with Crippen LogP contribution in [0.3, 0.4) is 0 Å². The predicted molar refractivity (Wildman–Crippen MR) is 105 cm³/mol. The topological polar surface area (TPSA) is 69.6 Å². The predicted octanol–water partition coefficient (Wildman–Crippen LogP) is 0.640. The van der Waals surface area contributed by atoms with Crippen LogP contribution in [0.25, 0.3) is 0 Å². The molecule has 0 amide bonds. The monoisotopic (exact) mass is 370 g/mol. The quantitative estimate of drug-likeness (QED) is 0.459. The van der Waals surface area contributed by atoms with Gasteiger partial charge in [0.15, 0.2) is 5.96 Å². The van der Waals surface area contributed by atoms with Gasteiger partial charge in [-0.2, -0.15) is 0 Å². The molecule has 0 radical (unpaired) electrons. The average molecular weight is 371 g/mol. The first-order chi connectivity index (χ1) is 12.6. The number of likely N-dealkylation sites (tertiary alicyclic amines) is 1. The van der Waals surface area contributed by atoms with Crippen LogP contribution in [-0.2, 0) is 9.47 Å². The van der Waals surface area contributed by atoms with Crippen molar-refractivity contribution in [3.63, 3.8) is 0 Å². The van der Waals surface area contributed by atoms with Crippen LogP contribution in [0, 0.1) is 11.8 Å². The second kappa shape index (κ2) is 11.7. The summed E-state index contributed by atoms with van der Waals surface area (Å²) >= 11 is 0. The summed E-state index contributed by atoms with van der Waals surface area (Å²) in [4.78, 5) is 9.48. The number of aliphatic imine (C=N–C) groups is 1. The molecule has 2 fully saturated rings. The second-order valence-electron chi connectivity index (χ2n) is 7.79. The van der Waals surface area contributed by atoms with Gasteiger partial charge >= 0.3 is 0 Å². The highest BCUT2D eigenvalue weighted by Crippen LogP contribution is 2.18. The Kier molecular flexibility index (Phi) is 9.67. The summed E-state index contributed by atoms with van der Waals surface area (Å²) in [6, 6.07) is 0. The van der Waals surface area contributed by atoms with Crippen LogP contribution in [0.4, 0.5) is 0 Å². The van der Waals surface area contributed by atoms with E-state index in [1.165, 1.54) is 6.42 Å². The summed E-state index contributed by atoms with van der Waals surface area (Å²) < 4.78 is 10.9. The van der Waals surface area contributed by atoms with Crippen LogP contribution < -0.4 is 5.32 Å². The SMILES string of the molecule is CCNC(=NCC(O)COCC(C)C)N1CCC(CN2CCOCC2)C1. The Labute approximate surface area is 158 Å². The lowest BCUT2D eigenvalue weighted by Crippen LogP contribution is -2.42. The molecule has 152 valence electrons. The van der Waals surface area contributed by atoms with Crippen molar-refractivity contribution in [2.75, 3.05) is 72.2 Å². The number of hydrogen-bond donors (Lipinski definition) is 2. The van der Waals surface area contributed by atoms with Crippen molar-refractivity contribution in [1.29, 1.82) is 0 Å². The van der Waals surface area contributed by atoms with Gasteiger partial charge in [0.05, 0.1) is 32.5 Å². The Balaban J connectivity index is 1.76. The molecule has 26 heavy (non-hydrogen) atoms. The zero-order valence-electron chi connectivity index (χ0n) is 16.8. The molecule has 0 aliphatic carbocycles. The van der Waals surface area contributed by atoms with Gasteiger partial charge < -0.3 is 24.8 Å². The first-order valence-electron chi connectivity index (χ1n) is 10.2. The fourth-order valence-corrected chi connectivity index (χ4v) is 3.43. The van der Waals surface area contributed by atoms with Crippen LogP contribution >= 0.6 is 0 Å². The minimum atomic E-state index is -0.547. The van der Waals surface area contributed by atoms with Crippen molar-refractivity contribution in [2.24, 2.45) is 16.8 Å². The van der Waals surface area contributed by atoms with E-state index >= 15 is 0 Å². The highest BCUT2D eigenvalue weighted by molar-refractivity contribution is 5.80. The van der Waals surface area contributed by atoms with E-state index in [1.54, 1.807) is 0 Å². The van der Waals surface area contributed by atoms with Gasteiger partial charge in [-0.1, -0.05) is 13.8 Å². The Hall–Kier alpha value is -0.890. The van der Waals surface area contributed by atoms with Crippen molar-refractivity contribution < 1.29 is 14.6 Å². The largest absolute Gasteiger partial charge is 0.389 e. The summed E-state index contributed by atoms with van der Waals surface area (Å²) in [6.45, 7) is 15.6. The Morgan fingerprint density at radius 2 is 2.04 bits per heavy atom. The molecule has 2 unspecified atom stereocenters. The fraction of sp³-hybridized carbons (Fsp3) is 0.947. The molecule has 0 saturated carbocycles. The maximum atomic E-state index is 10.1. The summed E-state index contributed by atoms with van der Waals surface area (Å²) in [5.74, 6) is 2.08. The van der Waals surface area contributed by atoms with E-state index in [1.807, 2.05) is 0 Å². The van der Waals surface area contributed by atoms with Crippen LogP contribution in [-0.4, -0.2) is 99.2 Å². The van der Waals surface area contributed by atoms with E-state index in [9.17, 15) is 5.11 Å². The summed E-state index contributed by atoms with van der Waals surface area (Å²) in [7, 11) is 0. The molecule has 2 aliphatic rings. The second-order valence-corrected chi connectivity index (χ2v) is 7.79. The third-order valence-corrected chi connectivity index (χ3v) is 4.75. The standard InChI is InChI=1S/C19H38N4O3/c1-4-20-19(21-11-18(24)15-26-14-16(2)3)23-6-5-17(13-23)12-22-7-9-25-10-8-22/h16-18,24H,4-15H2,1-3H3,(H,20,21). The number of ether oxygens (including phenoxy) is 2. The van der Waals surface area contributed by atoms with E-state index in [0.717, 1.165) is 58.4 Å². The molecule has 2 saturated heterocycles. The lowest BCUT2D eigenvalue weighted by atomic mass is 10.1. The lowest BCUT2D eigenvalue weighted by Gasteiger charge is -2.29. The zero-order valence-corrected chi connectivity index (χ0v) is 16.8. The minimum absolute atomic E-state index is 0.348. The molecule has 0 spiro atoms. The number of aliphatic hydroxyl groups excluding tert-OH is 1. The van der Waals surface area contributed by atoms with Gasteiger partial charge in [-0.15, -0.1) is 0 Å². The molecule has 7 nitrogen and oxygen atoms in total. The van der Waals surface area contributed by atoms with Crippen LogP contribution in [0.5, 0.6) is 0 Å². The highest BCUT2D eigenvalue weighted by atomic mass is 16.5. The summed E-state index contributed by atoms with van der Waals surface area (Å²) in [6.07, 6.45) is 0.649. The number of nitrogens with zero attached hydrogens (tertiary/aromatic N) is 3. The molecule has 7 heteroatoms. The molecular formula is C19H38N4O3. The number of rotatable bonds is 9. The van der Waals surface area contributed by atoms with E-state index in [0.29, 0.717) is 31.6 Å². The first kappa shape index (κ1) is 21.4. The molecule has 2 N–H and O–H groups in total. The lowest BCUT2D eigenvalue weighted by molar-refractivity contribution is 0.0300. The number of guanidine groups is 1. The van der Waals surface area contributed by atoms with E-state index in [2.05, 4.69) is 40.9 Å². The molecule has 0 bridgehead atoms. The zero-order chi connectivity index (χ0) is 18.8. The third kappa shape index (κ3) is 7.78. The van der Waals surface area contributed by atoms with Gasteiger partial charge in [0.1, 0.15) is 0 Å². The van der Waals surface area contributed by atoms with Crippen molar-refractivity contribution in [3.05, 3.63) is 0 Å². The van der Waals surface area contributed by atoms with Crippen molar-refractivity contribution in [3.8, 4) is 0 Å². The number of nitrogens with one attached hydrogen (secondary N) is 1. The number of morpholine rings is 1. The van der Waals surface area contributed by atoms with Gasteiger partial charge in [0.2, 0.25) is 0 Å². The van der Waals surface area contributed by atoms with Gasteiger partial charge in [-0.05, 0) is 25.2 Å². The normalized spacial score (nSPS) is 23.7. The molecule has 2 atom stereocenters. The van der Waals surface area contributed by atoms with Gasteiger partial charge in [-0.3, -0.25) is 9.89 Å². The third-order valence-electron chi connectivity index (χ3n) is 4.75. The summed E-state index contributed by atoms with van der Waals surface area (Å²) in [5.41, 5.74) is 0. The average Bonchev–Trinajstić information content (AvgIpc) is 3.07. The first-order valence-corrected chi connectivity index (χ1v) is 10.2. The molecule has 0 aromatic heterocycles. The van der Waals surface area contributed by atoms with Crippen LogP contribution in [0.2, 0.25) is 0 Å². The molecular weight excluding hydrogens is 332 g/mol. The Bertz CT molecular complexity index is 414. The fourth-order valence-electron chi connectivity index (χ4n) is 3.43. The summed E-state index contributed by atoms with van der Waals surface area (Å²) in [5, 5.41) is 13.5. The molecule has 0 aromatic carbocycles. The molecule has 0 aromatic rings. The van der Waals surface area contributed by atoms with Gasteiger partial charge in [0.25, 0.3) is 0 Å². The van der Waals surface area contributed by atoms with Crippen molar-refractivity contribution in [2.45, 2.75) is 33.3 Å². The maximum Gasteiger partial charge on any atom is 0.194 e. The molecule has 2 heterocycles. The molecule has 2 rings (SSSR count).